The lowest BCUT2D eigenvalue weighted by molar-refractivity contribution is -0.138. The van der Waals surface area contributed by atoms with Gasteiger partial charge < -0.3 is 28.4 Å². The predicted octanol–water partition coefficient (Wildman–Crippen LogP) is 7.44. The van der Waals surface area contributed by atoms with E-state index >= 15 is 0 Å². The highest BCUT2D eigenvalue weighted by Gasteiger charge is 2.18. The number of unbranched alkanes of at least 4 members (excludes halogenated alkanes) is 2. The van der Waals surface area contributed by atoms with Gasteiger partial charge in [0.2, 0.25) is 0 Å². The Hall–Kier alpha value is -5.38. The lowest BCUT2D eigenvalue weighted by Crippen LogP contribution is -2.13. The maximum absolute atomic E-state index is 13.1. The van der Waals surface area contributed by atoms with E-state index in [0.29, 0.717) is 97.4 Å². The first-order valence-electron chi connectivity index (χ1n) is 16.0. The summed E-state index contributed by atoms with van der Waals surface area (Å²) in [6.07, 6.45) is 4.96. The molecule has 3 aromatic rings. The third-order valence-electron chi connectivity index (χ3n) is 7.40. The van der Waals surface area contributed by atoms with Crippen LogP contribution in [0.4, 0.5) is 0 Å². The molecular formula is C39H44O10. The van der Waals surface area contributed by atoms with E-state index in [2.05, 4.69) is 13.2 Å². The van der Waals surface area contributed by atoms with Gasteiger partial charge in [0.25, 0.3) is 0 Å². The Bertz CT molecular complexity index is 1660. The molecule has 0 N–H and O–H groups in total. The second kappa shape index (κ2) is 18.8. The van der Waals surface area contributed by atoms with Gasteiger partial charge in [-0.25, -0.2) is 19.2 Å². The normalized spacial score (nSPS) is 10.5. The van der Waals surface area contributed by atoms with E-state index in [1.54, 1.807) is 56.3 Å². The Kier molecular flexibility index (Phi) is 14.6. The van der Waals surface area contributed by atoms with Gasteiger partial charge in [0.05, 0.1) is 37.6 Å². The van der Waals surface area contributed by atoms with Crippen LogP contribution in [0.15, 0.2) is 67.8 Å². The average molecular weight is 673 g/mol. The van der Waals surface area contributed by atoms with Crippen LogP contribution in [0.3, 0.4) is 0 Å². The maximum Gasteiger partial charge on any atom is 0.343 e. The van der Waals surface area contributed by atoms with Crippen molar-refractivity contribution in [3.8, 4) is 23.0 Å². The summed E-state index contributed by atoms with van der Waals surface area (Å²) in [6.45, 7) is 17.3. The fourth-order valence-corrected chi connectivity index (χ4v) is 4.81. The van der Waals surface area contributed by atoms with Crippen molar-refractivity contribution in [3.05, 3.63) is 107 Å². The van der Waals surface area contributed by atoms with Crippen LogP contribution in [0.25, 0.3) is 0 Å². The molecule has 3 rings (SSSR count). The number of ether oxygens (including phenoxy) is 6. The summed E-state index contributed by atoms with van der Waals surface area (Å²) in [7, 11) is 0. The van der Waals surface area contributed by atoms with Gasteiger partial charge in [-0.15, -0.1) is 0 Å². The van der Waals surface area contributed by atoms with Gasteiger partial charge in [0, 0.05) is 12.2 Å². The van der Waals surface area contributed by atoms with Crippen molar-refractivity contribution in [2.24, 2.45) is 0 Å². The first kappa shape index (κ1) is 38.1. The Morgan fingerprint density at radius 1 is 0.571 bits per heavy atom. The molecule has 0 saturated carbocycles. The van der Waals surface area contributed by atoms with E-state index in [4.69, 9.17) is 28.4 Å². The van der Waals surface area contributed by atoms with Gasteiger partial charge in [-0.1, -0.05) is 13.2 Å². The smallest absolute Gasteiger partial charge is 0.343 e. The number of carbonyl (C=O) groups excluding carboxylic acids is 4. The van der Waals surface area contributed by atoms with E-state index in [1.807, 2.05) is 20.8 Å². The third-order valence-corrected chi connectivity index (χ3v) is 7.40. The lowest BCUT2D eigenvalue weighted by atomic mass is 10.0. The van der Waals surface area contributed by atoms with E-state index in [1.165, 1.54) is 0 Å². The number of hydrogen-bond donors (Lipinski definition) is 0. The highest BCUT2D eigenvalue weighted by molar-refractivity contribution is 5.93. The SMILES string of the molecule is C=CC(=O)OCCCCOc1cc(C)c(C(=O)Oc2ccc(OC(=O)c3cc(C)c(OCCCCOC(=O)C=C)c(C)c3)c(C)c2)cc1C. The van der Waals surface area contributed by atoms with Crippen LogP contribution in [0.1, 0.15) is 74.2 Å². The molecule has 0 amide bonds. The van der Waals surface area contributed by atoms with Crippen LogP contribution in [0.2, 0.25) is 0 Å². The average Bonchev–Trinajstić information content (AvgIpc) is 3.07. The van der Waals surface area contributed by atoms with Crippen LogP contribution < -0.4 is 18.9 Å². The van der Waals surface area contributed by atoms with E-state index in [9.17, 15) is 19.2 Å². The summed E-state index contributed by atoms with van der Waals surface area (Å²) in [5, 5.41) is 0. The molecule has 0 radical (unpaired) electrons. The van der Waals surface area contributed by atoms with Gasteiger partial charge in [-0.3, -0.25) is 0 Å². The van der Waals surface area contributed by atoms with Gasteiger partial charge in [-0.2, -0.15) is 0 Å². The summed E-state index contributed by atoms with van der Waals surface area (Å²) in [4.78, 5) is 48.4. The third kappa shape index (κ3) is 11.7. The van der Waals surface area contributed by atoms with E-state index < -0.39 is 23.9 Å². The summed E-state index contributed by atoms with van der Waals surface area (Å²) in [5.74, 6) is 0.0483. The number of carbonyl (C=O) groups is 4. The summed E-state index contributed by atoms with van der Waals surface area (Å²) in [5.41, 5.74) is 4.45. The highest BCUT2D eigenvalue weighted by atomic mass is 16.5. The maximum atomic E-state index is 13.1. The molecule has 10 heteroatoms. The zero-order valence-electron chi connectivity index (χ0n) is 28.8. The van der Waals surface area contributed by atoms with Gasteiger partial charge in [0.15, 0.2) is 0 Å². The molecule has 0 aromatic heterocycles. The number of hydrogen-bond acceptors (Lipinski definition) is 10. The molecule has 10 nitrogen and oxygen atoms in total. The molecule has 0 heterocycles. The number of esters is 4. The molecule has 0 atom stereocenters. The lowest BCUT2D eigenvalue weighted by Gasteiger charge is -2.15. The molecule has 0 spiro atoms. The minimum Gasteiger partial charge on any atom is -0.493 e. The van der Waals surface area contributed by atoms with Crippen molar-refractivity contribution < 1.29 is 47.6 Å². The van der Waals surface area contributed by atoms with Gasteiger partial charge in [0.1, 0.15) is 23.0 Å². The van der Waals surface area contributed by atoms with Crippen molar-refractivity contribution in [1.82, 2.24) is 0 Å². The van der Waals surface area contributed by atoms with Crippen molar-refractivity contribution in [3.63, 3.8) is 0 Å². The molecule has 0 unspecified atom stereocenters. The second-order valence-corrected chi connectivity index (χ2v) is 11.4. The molecule has 0 aliphatic heterocycles. The van der Waals surface area contributed by atoms with Crippen LogP contribution in [-0.2, 0) is 19.1 Å². The van der Waals surface area contributed by atoms with Gasteiger partial charge >= 0.3 is 23.9 Å². The van der Waals surface area contributed by atoms with Crippen LogP contribution in [0, 0.1) is 34.6 Å². The van der Waals surface area contributed by atoms with Crippen molar-refractivity contribution in [1.29, 1.82) is 0 Å². The topological polar surface area (TPSA) is 124 Å². The van der Waals surface area contributed by atoms with Gasteiger partial charge in [-0.05, 0) is 131 Å². The first-order valence-corrected chi connectivity index (χ1v) is 16.0. The predicted molar refractivity (Wildman–Crippen MR) is 185 cm³/mol. The Labute approximate surface area is 287 Å². The minimum absolute atomic E-state index is 0.297. The zero-order chi connectivity index (χ0) is 35.9. The largest absolute Gasteiger partial charge is 0.493 e. The molecule has 0 fully saturated rings. The summed E-state index contributed by atoms with van der Waals surface area (Å²) in [6, 6.07) is 11.8. The second-order valence-electron chi connectivity index (χ2n) is 11.4. The minimum atomic E-state index is -0.529. The molecule has 3 aromatic carbocycles. The van der Waals surface area contributed by atoms with E-state index in [0.717, 1.165) is 28.8 Å². The summed E-state index contributed by atoms with van der Waals surface area (Å²) >= 11 is 0. The molecule has 0 bridgehead atoms. The van der Waals surface area contributed by atoms with Crippen molar-refractivity contribution >= 4 is 23.9 Å². The molecule has 0 aliphatic rings. The first-order chi connectivity index (χ1) is 23.4. The number of benzene rings is 3. The van der Waals surface area contributed by atoms with Crippen molar-refractivity contribution in [2.45, 2.75) is 60.3 Å². The van der Waals surface area contributed by atoms with Crippen molar-refractivity contribution in [2.75, 3.05) is 26.4 Å². The van der Waals surface area contributed by atoms with Crippen LogP contribution in [0.5, 0.6) is 23.0 Å². The quantitative estimate of drug-likeness (QED) is 0.0583. The van der Waals surface area contributed by atoms with E-state index in [-0.39, 0.29) is 0 Å². The number of rotatable bonds is 18. The Morgan fingerprint density at radius 2 is 1.12 bits per heavy atom. The molecule has 49 heavy (non-hydrogen) atoms. The standard InChI is InChI=1S/C39H44O10/c1-8-35(40)45-17-11-10-16-44-34-24-25(3)32(23-27(34)5)39(43)48-31-14-15-33(26(4)22-31)49-38(42)30-20-28(6)37(29(7)21-30)47-19-13-12-18-46-36(41)9-2/h8-9,14-15,20-24H,1-2,10-13,16-19H2,3-7H3. The summed E-state index contributed by atoms with van der Waals surface area (Å²) < 4.78 is 33.1. The molecular weight excluding hydrogens is 628 g/mol. The highest BCUT2D eigenvalue weighted by Crippen LogP contribution is 2.29. The number of aryl methyl sites for hydroxylation is 5. The Balaban J connectivity index is 1.54. The zero-order valence-corrected chi connectivity index (χ0v) is 28.8. The molecule has 0 aliphatic carbocycles. The molecule has 260 valence electrons. The fraction of sp³-hybridized carbons (Fsp3) is 0.333. The fourth-order valence-electron chi connectivity index (χ4n) is 4.81. The molecule has 0 saturated heterocycles. The Morgan fingerprint density at radius 3 is 1.69 bits per heavy atom. The van der Waals surface area contributed by atoms with Crippen LogP contribution >= 0.6 is 0 Å². The monoisotopic (exact) mass is 672 g/mol. The van der Waals surface area contributed by atoms with Crippen LogP contribution in [-0.4, -0.2) is 50.3 Å².